The van der Waals surface area contributed by atoms with Gasteiger partial charge in [-0.1, -0.05) is 54.1 Å². The quantitative estimate of drug-likeness (QED) is 0.625. The predicted molar refractivity (Wildman–Crippen MR) is 80.8 cm³/mol. The third-order valence-corrected chi connectivity index (χ3v) is 3.37. The summed E-state index contributed by atoms with van der Waals surface area (Å²) in [5.74, 6) is -0.329. The minimum atomic E-state index is -0.329. The van der Waals surface area contributed by atoms with E-state index in [1.54, 1.807) is 6.07 Å². The second-order valence-corrected chi connectivity index (χ2v) is 4.87. The van der Waals surface area contributed by atoms with Crippen LogP contribution in [-0.4, -0.2) is 0 Å². The second-order valence-electron chi connectivity index (χ2n) is 4.87. The summed E-state index contributed by atoms with van der Waals surface area (Å²) in [6.07, 6.45) is 0. The Morgan fingerprint density at radius 1 is 0.714 bits per heavy atom. The Hall–Kier alpha value is -0.605. The molecule has 3 aromatic carbocycles. The zero-order chi connectivity index (χ0) is 13.9. The average molecular weight is 347 g/mol. The van der Waals surface area contributed by atoms with Crippen molar-refractivity contribution >= 4 is 0 Å². The first kappa shape index (κ1) is 16.8. The smallest absolute Gasteiger partial charge is 0.236 e. The van der Waals surface area contributed by atoms with E-state index < -0.39 is 0 Å². The standard InChI is InChI=1S/C19H14F.Rb/c1-14-5-7-15(8-6-14)16-9-11-17(12-10-16)18-3-2-4-19(20)13-18;/h2-3,5-13H,1H3;/q-1;+1. The summed E-state index contributed by atoms with van der Waals surface area (Å²) in [5, 5.41) is 0. The van der Waals surface area contributed by atoms with Crippen LogP contribution in [0.2, 0.25) is 0 Å². The molecule has 0 unspecified atom stereocenters. The largest absolute Gasteiger partial charge is 1.00 e. The maximum atomic E-state index is 13.2. The first-order valence-corrected chi connectivity index (χ1v) is 6.57. The molecular weight excluding hydrogens is 333 g/mol. The summed E-state index contributed by atoms with van der Waals surface area (Å²) in [6, 6.07) is 24.1. The van der Waals surface area contributed by atoms with Crippen LogP contribution in [0.4, 0.5) is 4.39 Å². The van der Waals surface area contributed by atoms with E-state index in [1.165, 1.54) is 17.2 Å². The van der Waals surface area contributed by atoms with Crippen LogP contribution in [0.25, 0.3) is 22.3 Å². The SMILES string of the molecule is Cc1ccc(-c2ccc(-c3cc[c-]c(F)c3)cc2)cc1.[Rb+]. The minimum absolute atomic E-state index is 0. The summed E-state index contributed by atoms with van der Waals surface area (Å²) in [5.41, 5.74) is 5.48. The van der Waals surface area contributed by atoms with Crippen molar-refractivity contribution in [2.75, 3.05) is 0 Å². The molecule has 3 rings (SSSR count). The van der Waals surface area contributed by atoms with Gasteiger partial charge in [0.1, 0.15) is 0 Å². The first-order chi connectivity index (χ1) is 9.72. The summed E-state index contributed by atoms with van der Waals surface area (Å²) >= 11 is 0. The summed E-state index contributed by atoms with van der Waals surface area (Å²) in [4.78, 5) is 0. The molecule has 0 aliphatic rings. The third-order valence-electron chi connectivity index (χ3n) is 3.37. The maximum Gasteiger partial charge on any atom is 1.00 e. The van der Waals surface area contributed by atoms with Crippen LogP contribution in [0.5, 0.6) is 0 Å². The number of halogens is 1. The molecular formula is C19H14FRb. The van der Waals surface area contributed by atoms with Gasteiger partial charge in [-0.25, -0.2) is 4.39 Å². The Kier molecular flexibility index (Phi) is 6.06. The van der Waals surface area contributed by atoms with Gasteiger partial charge in [-0.05, 0) is 23.6 Å². The van der Waals surface area contributed by atoms with E-state index in [0.29, 0.717) is 0 Å². The molecule has 3 aromatic rings. The van der Waals surface area contributed by atoms with Crippen molar-refractivity contribution in [2.24, 2.45) is 0 Å². The fraction of sp³-hybridized carbons (Fsp3) is 0.0526. The summed E-state index contributed by atoms with van der Waals surface area (Å²) < 4.78 is 13.2. The van der Waals surface area contributed by atoms with Gasteiger partial charge in [0.2, 0.25) is 0 Å². The molecule has 0 radical (unpaired) electrons. The van der Waals surface area contributed by atoms with Gasteiger partial charge in [0.05, 0.1) is 0 Å². The Morgan fingerprint density at radius 3 is 1.71 bits per heavy atom. The molecule has 0 amide bonds. The molecule has 0 saturated heterocycles. The molecule has 0 aliphatic heterocycles. The zero-order valence-corrected chi connectivity index (χ0v) is 17.1. The van der Waals surface area contributed by atoms with E-state index >= 15 is 0 Å². The molecule has 98 valence electrons. The molecule has 0 heterocycles. The molecule has 0 bridgehead atoms. The molecule has 0 N–H and O–H groups in total. The zero-order valence-electron chi connectivity index (χ0n) is 12.2. The van der Waals surface area contributed by atoms with E-state index in [1.807, 2.05) is 18.2 Å². The number of hydrogen-bond acceptors (Lipinski definition) is 0. The van der Waals surface area contributed by atoms with E-state index in [9.17, 15) is 4.39 Å². The van der Waals surface area contributed by atoms with Crippen LogP contribution >= 0.6 is 0 Å². The van der Waals surface area contributed by atoms with Crippen LogP contribution < -0.4 is 58.2 Å². The van der Waals surface area contributed by atoms with Gasteiger partial charge in [-0.15, -0.1) is 17.7 Å². The first-order valence-electron chi connectivity index (χ1n) is 6.57. The van der Waals surface area contributed by atoms with Crippen molar-refractivity contribution in [3.8, 4) is 22.3 Å². The monoisotopic (exact) mass is 346 g/mol. The maximum absolute atomic E-state index is 13.2. The van der Waals surface area contributed by atoms with Crippen molar-refractivity contribution in [3.63, 3.8) is 0 Å². The molecule has 0 spiro atoms. The normalized spacial score (nSPS) is 10.0. The van der Waals surface area contributed by atoms with Gasteiger partial charge in [0.15, 0.2) is 0 Å². The van der Waals surface area contributed by atoms with E-state index in [0.717, 1.165) is 16.7 Å². The van der Waals surface area contributed by atoms with Gasteiger partial charge in [-0.3, -0.25) is 0 Å². The minimum Gasteiger partial charge on any atom is -0.236 e. The number of aryl methyl sites for hydroxylation is 1. The Labute approximate surface area is 173 Å². The van der Waals surface area contributed by atoms with Gasteiger partial charge >= 0.3 is 58.2 Å². The molecule has 0 saturated carbocycles. The van der Waals surface area contributed by atoms with E-state index in [4.69, 9.17) is 0 Å². The number of benzene rings is 3. The van der Waals surface area contributed by atoms with Gasteiger partial charge in [0, 0.05) is 5.82 Å². The van der Waals surface area contributed by atoms with Crippen molar-refractivity contribution in [3.05, 3.63) is 84.2 Å². The van der Waals surface area contributed by atoms with Crippen LogP contribution in [0, 0.1) is 18.8 Å². The fourth-order valence-corrected chi connectivity index (χ4v) is 2.22. The Morgan fingerprint density at radius 2 is 1.19 bits per heavy atom. The molecule has 0 aliphatic carbocycles. The topological polar surface area (TPSA) is 0 Å². The van der Waals surface area contributed by atoms with Crippen LogP contribution in [0.3, 0.4) is 0 Å². The van der Waals surface area contributed by atoms with E-state index in [2.05, 4.69) is 49.4 Å². The summed E-state index contributed by atoms with van der Waals surface area (Å²) in [6.45, 7) is 2.08. The van der Waals surface area contributed by atoms with Crippen molar-refractivity contribution < 1.29 is 62.6 Å². The molecule has 0 aromatic heterocycles. The van der Waals surface area contributed by atoms with Crippen LogP contribution in [0.15, 0.2) is 66.7 Å². The number of rotatable bonds is 2. The van der Waals surface area contributed by atoms with Crippen molar-refractivity contribution in [1.29, 1.82) is 0 Å². The molecule has 0 fully saturated rings. The fourth-order valence-electron chi connectivity index (χ4n) is 2.22. The molecule has 21 heavy (non-hydrogen) atoms. The predicted octanol–water partition coefficient (Wildman–Crippen LogP) is 2.27. The molecule has 0 atom stereocenters. The van der Waals surface area contributed by atoms with E-state index in [-0.39, 0.29) is 64.0 Å². The van der Waals surface area contributed by atoms with Crippen molar-refractivity contribution in [2.45, 2.75) is 6.92 Å². The van der Waals surface area contributed by atoms with Gasteiger partial charge in [-0.2, -0.15) is 12.1 Å². The second kappa shape index (κ2) is 7.60. The van der Waals surface area contributed by atoms with Crippen molar-refractivity contribution in [1.82, 2.24) is 0 Å². The van der Waals surface area contributed by atoms with Gasteiger partial charge < -0.3 is 0 Å². The van der Waals surface area contributed by atoms with Crippen LogP contribution in [-0.2, 0) is 0 Å². The van der Waals surface area contributed by atoms with Gasteiger partial charge in [0.25, 0.3) is 0 Å². The molecule has 0 nitrogen and oxygen atoms in total. The summed E-state index contributed by atoms with van der Waals surface area (Å²) in [7, 11) is 0. The number of hydrogen-bond donors (Lipinski definition) is 0. The van der Waals surface area contributed by atoms with Crippen LogP contribution in [0.1, 0.15) is 5.56 Å². The average Bonchev–Trinajstić information content (AvgIpc) is 2.48. The Bertz CT molecular complexity index is 715. The third kappa shape index (κ3) is 4.20. The molecule has 2 heteroatoms. The Balaban J connectivity index is 0.00000161.